The van der Waals surface area contributed by atoms with Crippen molar-refractivity contribution in [2.75, 3.05) is 10.9 Å². The summed E-state index contributed by atoms with van der Waals surface area (Å²) in [5.41, 5.74) is 8.85. The van der Waals surface area contributed by atoms with E-state index in [1.165, 1.54) is 24.3 Å². The maximum absolute atomic E-state index is 11.1. The van der Waals surface area contributed by atoms with Gasteiger partial charge in [0.2, 0.25) is 0 Å². The second-order valence-corrected chi connectivity index (χ2v) is 11.7. The fourth-order valence-electron chi connectivity index (χ4n) is 3.96. The molecule has 16 nitrogen and oxygen atoms in total. The van der Waals surface area contributed by atoms with E-state index in [4.69, 9.17) is 0 Å². The van der Waals surface area contributed by atoms with E-state index >= 15 is 0 Å². The number of rotatable bonds is 10. The van der Waals surface area contributed by atoms with Crippen molar-refractivity contribution < 1.29 is 19.7 Å². The average Bonchev–Trinajstić information content (AvgIpc) is 3.04. The minimum Gasteiger partial charge on any atom is -0.271 e. The Kier molecular flexibility index (Phi) is 12.5. The molecule has 48 heavy (non-hydrogen) atoms. The lowest BCUT2D eigenvalue weighted by molar-refractivity contribution is -0.393. The van der Waals surface area contributed by atoms with Crippen molar-refractivity contribution in [1.82, 2.24) is 0 Å². The van der Waals surface area contributed by atoms with Crippen molar-refractivity contribution in [2.45, 2.75) is 27.7 Å². The molecule has 0 saturated heterocycles. The summed E-state index contributed by atoms with van der Waals surface area (Å²) in [5.74, 6) is 0. The van der Waals surface area contributed by atoms with Gasteiger partial charge in [-0.05, 0) is 75.2 Å². The van der Waals surface area contributed by atoms with E-state index in [1.807, 2.05) is 50.2 Å². The van der Waals surface area contributed by atoms with E-state index in [0.29, 0.717) is 11.4 Å². The SMILES string of the molecule is C/C(=N/Nc1ccc([N+](=O)[O-])cc1[N+](=O)[O-])c1cc(C)ccc1Br.C/C(=N/Nc1ccc([N+](=O)[O-])cc1[N+](=O)[O-])c1ccc(Br)c(C)c1. The Hall–Kier alpha value is -5.62. The molecular weight excluding hydrogens is 760 g/mol. The normalized spacial score (nSPS) is 11.2. The van der Waals surface area contributed by atoms with Gasteiger partial charge in [-0.2, -0.15) is 10.2 Å². The van der Waals surface area contributed by atoms with Gasteiger partial charge in [0.05, 0.1) is 43.2 Å². The van der Waals surface area contributed by atoms with Crippen LogP contribution < -0.4 is 10.9 Å². The molecule has 0 bridgehead atoms. The third-order valence-corrected chi connectivity index (χ3v) is 8.13. The molecule has 0 spiro atoms. The van der Waals surface area contributed by atoms with Gasteiger partial charge in [0, 0.05) is 26.6 Å². The number of nitro groups is 4. The fraction of sp³-hybridized carbons (Fsp3) is 0.133. The Balaban J connectivity index is 0.000000260. The van der Waals surface area contributed by atoms with Crippen molar-refractivity contribution in [3.05, 3.63) is 144 Å². The van der Waals surface area contributed by atoms with Gasteiger partial charge in [0.25, 0.3) is 11.4 Å². The summed E-state index contributed by atoms with van der Waals surface area (Å²) in [6.07, 6.45) is 0. The Morgan fingerprint density at radius 1 is 0.604 bits per heavy atom. The first-order valence-electron chi connectivity index (χ1n) is 13.6. The van der Waals surface area contributed by atoms with Crippen molar-refractivity contribution in [1.29, 1.82) is 0 Å². The van der Waals surface area contributed by atoms with E-state index in [9.17, 15) is 40.5 Å². The highest BCUT2D eigenvalue weighted by Crippen LogP contribution is 2.30. The molecule has 0 aliphatic heterocycles. The zero-order valence-corrected chi connectivity index (χ0v) is 28.8. The Bertz CT molecular complexity index is 1980. The zero-order valence-electron chi connectivity index (χ0n) is 25.6. The predicted octanol–water partition coefficient (Wildman–Crippen LogP) is 8.82. The van der Waals surface area contributed by atoms with Gasteiger partial charge in [-0.15, -0.1) is 0 Å². The molecule has 2 N–H and O–H groups in total. The molecule has 0 aliphatic carbocycles. The van der Waals surface area contributed by atoms with Crippen molar-refractivity contribution in [2.24, 2.45) is 10.2 Å². The van der Waals surface area contributed by atoms with Crippen LogP contribution in [0.25, 0.3) is 0 Å². The lowest BCUT2D eigenvalue weighted by atomic mass is 10.1. The largest absolute Gasteiger partial charge is 0.301 e. The molecule has 0 unspecified atom stereocenters. The number of nitrogens with one attached hydrogen (secondary N) is 2. The molecule has 248 valence electrons. The minimum atomic E-state index is -0.692. The third-order valence-electron chi connectivity index (χ3n) is 6.55. The summed E-state index contributed by atoms with van der Waals surface area (Å²) in [4.78, 5) is 40.9. The number of nitro benzene ring substituents is 4. The van der Waals surface area contributed by atoms with Gasteiger partial charge in [0.1, 0.15) is 11.4 Å². The monoisotopic (exact) mass is 784 g/mol. The average molecular weight is 786 g/mol. The Labute approximate surface area is 289 Å². The van der Waals surface area contributed by atoms with Crippen LogP contribution in [0.2, 0.25) is 0 Å². The highest BCUT2D eigenvalue weighted by molar-refractivity contribution is 9.10. The van der Waals surface area contributed by atoms with Crippen LogP contribution in [0.3, 0.4) is 0 Å². The van der Waals surface area contributed by atoms with Gasteiger partial charge in [-0.3, -0.25) is 51.3 Å². The van der Waals surface area contributed by atoms with Crippen LogP contribution in [0.4, 0.5) is 34.1 Å². The van der Waals surface area contributed by atoms with Crippen LogP contribution in [-0.2, 0) is 0 Å². The van der Waals surface area contributed by atoms with Gasteiger partial charge < -0.3 is 0 Å². The van der Waals surface area contributed by atoms with Crippen LogP contribution in [0.15, 0.2) is 91.9 Å². The summed E-state index contributed by atoms with van der Waals surface area (Å²) in [5, 5.41) is 51.9. The number of hydrazone groups is 2. The minimum absolute atomic E-state index is 0.0775. The summed E-state index contributed by atoms with van der Waals surface area (Å²) < 4.78 is 1.81. The molecule has 18 heteroatoms. The molecule has 0 atom stereocenters. The van der Waals surface area contributed by atoms with E-state index in [-0.39, 0.29) is 22.7 Å². The third kappa shape index (κ3) is 9.69. The van der Waals surface area contributed by atoms with Crippen LogP contribution in [0.1, 0.15) is 36.1 Å². The summed E-state index contributed by atoms with van der Waals surface area (Å²) in [7, 11) is 0. The first-order chi connectivity index (χ1) is 22.6. The number of aryl methyl sites for hydroxylation is 2. The van der Waals surface area contributed by atoms with E-state index < -0.39 is 31.1 Å². The number of benzene rings is 4. The van der Waals surface area contributed by atoms with Crippen LogP contribution >= 0.6 is 31.9 Å². The van der Waals surface area contributed by atoms with Crippen molar-refractivity contribution >= 4 is 77.4 Å². The van der Waals surface area contributed by atoms with Gasteiger partial charge in [-0.25, -0.2) is 0 Å². The van der Waals surface area contributed by atoms with Gasteiger partial charge in [0.15, 0.2) is 0 Å². The molecule has 0 radical (unpaired) electrons. The van der Waals surface area contributed by atoms with E-state index in [0.717, 1.165) is 43.3 Å². The number of non-ortho nitro benzene ring substituents is 2. The number of halogens is 2. The number of hydrogen-bond acceptors (Lipinski definition) is 12. The number of anilines is 2. The molecule has 0 saturated carbocycles. The molecular formula is C30H26Br2N8O8. The second-order valence-electron chi connectivity index (χ2n) is 10.00. The topological polar surface area (TPSA) is 221 Å². The second kappa shape index (κ2) is 16.3. The predicted molar refractivity (Wildman–Crippen MR) is 189 cm³/mol. The summed E-state index contributed by atoms with van der Waals surface area (Å²) in [6, 6.07) is 18.1. The zero-order chi connectivity index (χ0) is 35.7. The Morgan fingerprint density at radius 3 is 1.54 bits per heavy atom. The highest BCUT2D eigenvalue weighted by atomic mass is 79.9. The molecule has 0 fully saturated rings. The molecule has 0 amide bonds. The van der Waals surface area contributed by atoms with Crippen molar-refractivity contribution in [3.63, 3.8) is 0 Å². The van der Waals surface area contributed by atoms with Crippen molar-refractivity contribution in [3.8, 4) is 0 Å². The lowest BCUT2D eigenvalue weighted by Crippen LogP contribution is -2.03. The molecule has 0 aliphatic rings. The summed E-state index contributed by atoms with van der Waals surface area (Å²) >= 11 is 6.84. The molecule has 4 rings (SSSR count). The Morgan fingerprint density at radius 2 is 1.08 bits per heavy atom. The number of hydrogen-bond donors (Lipinski definition) is 2. The summed E-state index contributed by atoms with van der Waals surface area (Å²) in [6.45, 7) is 7.39. The highest BCUT2D eigenvalue weighted by Gasteiger charge is 2.20. The quantitative estimate of drug-likeness (QED) is 0.0883. The van der Waals surface area contributed by atoms with Gasteiger partial charge >= 0.3 is 11.4 Å². The maximum atomic E-state index is 11.1. The van der Waals surface area contributed by atoms with Gasteiger partial charge in [-0.1, -0.05) is 49.6 Å². The van der Waals surface area contributed by atoms with Crippen LogP contribution in [0.5, 0.6) is 0 Å². The molecule has 4 aromatic carbocycles. The smallest absolute Gasteiger partial charge is 0.271 e. The maximum Gasteiger partial charge on any atom is 0.301 e. The van der Waals surface area contributed by atoms with E-state index in [2.05, 4.69) is 52.9 Å². The molecule has 0 heterocycles. The van der Waals surface area contributed by atoms with E-state index in [1.54, 1.807) is 13.8 Å². The molecule has 0 aromatic heterocycles. The number of nitrogens with zero attached hydrogens (tertiary/aromatic N) is 6. The lowest BCUT2D eigenvalue weighted by Gasteiger charge is -2.07. The van der Waals surface area contributed by atoms with Crippen LogP contribution in [-0.4, -0.2) is 31.1 Å². The molecule has 4 aromatic rings. The first-order valence-corrected chi connectivity index (χ1v) is 15.2. The first kappa shape index (κ1) is 36.8. The van der Waals surface area contributed by atoms with Crippen LogP contribution in [0, 0.1) is 54.3 Å². The standard InChI is InChI=1S/2C15H13BrN4O4/c1-9-7-11(3-5-13(9)16)10(2)17-18-14-6-4-12(19(21)22)8-15(14)20(23)24;1-9-3-5-13(16)12(7-9)10(2)17-18-14-6-4-11(19(21)22)8-15(14)20(23)24/h2*3-8,18H,1-2H3/b2*17-10-. The fourth-order valence-corrected chi connectivity index (χ4v) is 4.74.